The van der Waals surface area contributed by atoms with Crippen molar-refractivity contribution < 1.29 is 24.2 Å². The van der Waals surface area contributed by atoms with E-state index in [9.17, 15) is 19.5 Å². The zero-order chi connectivity index (χ0) is 18.7. The quantitative estimate of drug-likeness (QED) is 0.722. The van der Waals surface area contributed by atoms with Gasteiger partial charge < -0.3 is 14.6 Å². The molecular weight excluding hydrogens is 354 g/mol. The van der Waals surface area contributed by atoms with E-state index >= 15 is 0 Å². The molecule has 26 heavy (non-hydrogen) atoms. The molecule has 0 N–H and O–H groups in total. The Morgan fingerprint density at radius 1 is 1.19 bits per heavy atom. The van der Waals surface area contributed by atoms with Gasteiger partial charge in [-0.15, -0.1) is 11.8 Å². The standard InChI is InChI=1S/C19H17NO5S/c1-2-25-13-9-7-12(8-10-13)20-17(21)11-16(18(20)22)26-15-6-4-3-5-14(15)19(23)24/h3-10,16H,2,11H2,1H3,(H,23,24)/p-1. The van der Waals surface area contributed by atoms with Crippen LogP contribution in [0.2, 0.25) is 0 Å². The topological polar surface area (TPSA) is 86.7 Å². The zero-order valence-corrected chi connectivity index (χ0v) is 14.8. The van der Waals surface area contributed by atoms with Gasteiger partial charge in [-0.2, -0.15) is 0 Å². The number of aromatic carboxylic acids is 1. The Balaban J connectivity index is 1.80. The van der Waals surface area contributed by atoms with Crippen LogP contribution in [-0.4, -0.2) is 29.6 Å². The summed E-state index contributed by atoms with van der Waals surface area (Å²) in [5.41, 5.74) is 0.483. The molecule has 2 amide bonds. The third-order valence-electron chi connectivity index (χ3n) is 3.89. The van der Waals surface area contributed by atoms with Crippen molar-refractivity contribution in [3.63, 3.8) is 0 Å². The number of thioether (sulfide) groups is 1. The monoisotopic (exact) mass is 370 g/mol. The number of anilines is 1. The molecule has 7 heteroatoms. The molecule has 2 aromatic carbocycles. The molecule has 0 radical (unpaired) electrons. The summed E-state index contributed by atoms with van der Waals surface area (Å²) in [6.45, 7) is 2.39. The SMILES string of the molecule is CCOc1ccc(N2C(=O)CC(Sc3ccccc3C(=O)[O-])C2=O)cc1. The normalized spacial score (nSPS) is 16.8. The van der Waals surface area contributed by atoms with Crippen molar-refractivity contribution >= 4 is 35.2 Å². The lowest BCUT2D eigenvalue weighted by molar-refractivity contribution is -0.255. The number of carboxylic acid groups (broad SMARTS) is 1. The van der Waals surface area contributed by atoms with Gasteiger partial charge in [-0.1, -0.05) is 18.2 Å². The van der Waals surface area contributed by atoms with Gasteiger partial charge >= 0.3 is 0 Å². The number of rotatable bonds is 6. The van der Waals surface area contributed by atoms with Crippen LogP contribution in [0.5, 0.6) is 5.75 Å². The van der Waals surface area contributed by atoms with E-state index in [2.05, 4.69) is 0 Å². The van der Waals surface area contributed by atoms with E-state index in [0.29, 0.717) is 22.9 Å². The van der Waals surface area contributed by atoms with Crippen LogP contribution in [0.15, 0.2) is 53.4 Å². The Kier molecular flexibility index (Phi) is 5.27. The summed E-state index contributed by atoms with van der Waals surface area (Å²) in [6, 6.07) is 13.0. The molecule has 1 saturated heterocycles. The Morgan fingerprint density at radius 3 is 2.54 bits per heavy atom. The molecule has 1 aliphatic heterocycles. The van der Waals surface area contributed by atoms with Crippen molar-refractivity contribution in [1.29, 1.82) is 0 Å². The minimum absolute atomic E-state index is 0.0114. The van der Waals surface area contributed by atoms with E-state index in [1.165, 1.54) is 6.07 Å². The molecule has 6 nitrogen and oxygen atoms in total. The molecule has 134 valence electrons. The Hall–Kier alpha value is -2.80. The van der Waals surface area contributed by atoms with Gasteiger partial charge in [0.2, 0.25) is 11.8 Å². The van der Waals surface area contributed by atoms with Crippen molar-refractivity contribution in [2.24, 2.45) is 0 Å². The number of nitrogens with zero attached hydrogens (tertiary/aromatic N) is 1. The van der Waals surface area contributed by atoms with Gasteiger partial charge in [-0.3, -0.25) is 9.59 Å². The first kappa shape index (κ1) is 18.0. The van der Waals surface area contributed by atoms with E-state index < -0.39 is 11.2 Å². The van der Waals surface area contributed by atoms with Crippen molar-refractivity contribution in [3.05, 3.63) is 54.1 Å². The van der Waals surface area contributed by atoms with Crippen LogP contribution in [0.1, 0.15) is 23.7 Å². The maximum Gasteiger partial charge on any atom is 0.247 e. The van der Waals surface area contributed by atoms with Crippen LogP contribution < -0.4 is 14.7 Å². The number of amides is 2. The Bertz CT molecular complexity index is 849. The molecule has 0 aliphatic carbocycles. The van der Waals surface area contributed by atoms with Crippen molar-refractivity contribution in [3.8, 4) is 5.75 Å². The van der Waals surface area contributed by atoms with E-state index in [1.807, 2.05) is 6.92 Å². The van der Waals surface area contributed by atoms with Crippen LogP contribution in [0, 0.1) is 0 Å². The highest BCUT2D eigenvalue weighted by Crippen LogP contribution is 2.35. The van der Waals surface area contributed by atoms with E-state index in [4.69, 9.17) is 4.74 Å². The number of ether oxygens (including phenoxy) is 1. The third kappa shape index (κ3) is 3.57. The average molecular weight is 370 g/mol. The summed E-state index contributed by atoms with van der Waals surface area (Å²) in [7, 11) is 0. The number of carbonyl (C=O) groups excluding carboxylic acids is 3. The first-order chi connectivity index (χ1) is 12.5. The lowest BCUT2D eigenvalue weighted by atomic mass is 10.2. The number of carboxylic acids is 1. The third-order valence-corrected chi connectivity index (χ3v) is 5.15. The first-order valence-electron chi connectivity index (χ1n) is 8.08. The second-order valence-corrected chi connectivity index (χ2v) is 6.83. The largest absolute Gasteiger partial charge is 0.545 e. The summed E-state index contributed by atoms with van der Waals surface area (Å²) in [5, 5.41) is 10.5. The fourth-order valence-electron chi connectivity index (χ4n) is 2.72. The molecule has 3 rings (SSSR count). The molecule has 1 heterocycles. The van der Waals surface area contributed by atoms with Gasteiger partial charge in [0.1, 0.15) is 5.75 Å². The van der Waals surface area contributed by atoms with Gasteiger partial charge in [0, 0.05) is 16.9 Å². The van der Waals surface area contributed by atoms with Gasteiger partial charge in [-0.05, 0) is 37.3 Å². The van der Waals surface area contributed by atoms with Crippen LogP contribution in [0.3, 0.4) is 0 Å². The number of hydrogen-bond acceptors (Lipinski definition) is 6. The van der Waals surface area contributed by atoms with Crippen LogP contribution in [-0.2, 0) is 9.59 Å². The summed E-state index contributed by atoms with van der Waals surface area (Å²) in [6.07, 6.45) is 0.0120. The molecule has 0 saturated carbocycles. The van der Waals surface area contributed by atoms with Crippen molar-refractivity contribution in [2.45, 2.75) is 23.5 Å². The zero-order valence-electron chi connectivity index (χ0n) is 14.0. The van der Waals surface area contributed by atoms with Crippen LogP contribution in [0.4, 0.5) is 5.69 Å². The predicted molar refractivity (Wildman–Crippen MR) is 95.1 cm³/mol. The number of imide groups is 1. The fraction of sp³-hybridized carbons (Fsp3) is 0.211. The highest BCUT2D eigenvalue weighted by molar-refractivity contribution is 8.00. The average Bonchev–Trinajstić information content (AvgIpc) is 2.90. The first-order valence-corrected chi connectivity index (χ1v) is 8.96. The minimum Gasteiger partial charge on any atom is -0.545 e. The van der Waals surface area contributed by atoms with Gasteiger partial charge in [-0.25, -0.2) is 4.90 Å². The van der Waals surface area contributed by atoms with Crippen molar-refractivity contribution in [1.82, 2.24) is 0 Å². The van der Waals surface area contributed by atoms with Gasteiger partial charge in [0.05, 0.1) is 23.5 Å². The van der Waals surface area contributed by atoms with E-state index in [-0.39, 0.29) is 23.8 Å². The predicted octanol–water partition coefficient (Wildman–Crippen LogP) is 1.87. The highest BCUT2D eigenvalue weighted by atomic mass is 32.2. The number of carbonyl (C=O) groups is 3. The molecule has 0 spiro atoms. The van der Waals surface area contributed by atoms with Crippen LogP contribution >= 0.6 is 11.8 Å². The van der Waals surface area contributed by atoms with Gasteiger partial charge in [0.15, 0.2) is 0 Å². The molecule has 1 unspecified atom stereocenters. The smallest absolute Gasteiger partial charge is 0.247 e. The maximum absolute atomic E-state index is 12.7. The fourth-order valence-corrected chi connectivity index (χ4v) is 3.89. The number of benzene rings is 2. The Labute approximate surface area is 154 Å². The molecule has 0 aromatic heterocycles. The second-order valence-electron chi connectivity index (χ2n) is 5.59. The molecule has 1 aliphatic rings. The van der Waals surface area contributed by atoms with E-state index in [1.54, 1.807) is 42.5 Å². The molecule has 0 bridgehead atoms. The maximum atomic E-state index is 12.7. The Morgan fingerprint density at radius 2 is 1.88 bits per heavy atom. The molecule has 1 fully saturated rings. The summed E-state index contributed by atoms with van der Waals surface area (Å²) in [5.74, 6) is -1.34. The summed E-state index contributed by atoms with van der Waals surface area (Å²) < 4.78 is 5.36. The van der Waals surface area contributed by atoms with Crippen molar-refractivity contribution in [2.75, 3.05) is 11.5 Å². The molecular formula is C19H16NO5S-. The van der Waals surface area contributed by atoms with E-state index in [0.717, 1.165) is 16.7 Å². The lowest BCUT2D eigenvalue weighted by Gasteiger charge is -2.16. The second kappa shape index (κ2) is 7.61. The lowest BCUT2D eigenvalue weighted by Crippen LogP contribution is -2.31. The highest BCUT2D eigenvalue weighted by Gasteiger charge is 2.40. The molecule has 2 aromatic rings. The van der Waals surface area contributed by atoms with Gasteiger partial charge in [0.25, 0.3) is 0 Å². The number of hydrogen-bond donors (Lipinski definition) is 0. The molecule has 1 atom stereocenters. The summed E-state index contributed by atoms with van der Waals surface area (Å²) in [4.78, 5) is 37.8. The minimum atomic E-state index is -1.31. The summed E-state index contributed by atoms with van der Waals surface area (Å²) >= 11 is 1.07. The van der Waals surface area contributed by atoms with Crippen LogP contribution in [0.25, 0.3) is 0 Å².